The predicted octanol–water partition coefficient (Wildman–Crippen LogP) is 2.62. The second-order valence-electron chi connectivity index (χ2n) is 6.44. The SMILES string of the molecule is COC(=O)c1ccc(NCCNc2ccc(C(=O)OC)c(OC)c2[N+](=O)[O-])c([N+](=O)[O-])c1OC. The summed E-state index contributed by atoms with van der Waals surface area (Å²) < 4.78 is 19.3. The van der Waals surface area contributed by atoms with Crippen LogP contribution >= 0.6 is 0 Å². The minimum atomic E-state index is -0.801. The van der Waals surface area contributed by atoms with Gasteiger partial charge in [-0.1, -0.05) is 0 Å². The molecule has 0 heterocycles. The monoisotopic (exact) mass is 478 g/mol. The molecule has 0 spiro atoms. The van der Waals surface area contributed by atoms with Gasteiger partial charge in [0.15, 0.2) is 0 Å². The second-order valence-corrected chi connectivity index (χ2v) is 6.44. The van der Waals surface area contributed by atoms with Crippen LogP contribution in [0.3, 0.4) is 0 Å². The van der Waals surface area contributed by atoms with E-state index in [0.717, 1.165) is 14.2 Å². The summed E-state index contributed by atoms with van der Waals surface area (Å²) in [5, 5.41) is 28.9. The van der Waals surface area contributed by atoms with Crippen molar-refractivity contribution < 1.29 is 38.4 Å². The smallest absolute Gasteiger partial charge is 0.341 e. The fraction of sp³-hybridized carbons (Fsp3) is 0.300. The quantitative estimate of drug-likeness (QED) is 0.209. The van der Waals surface area contributed by atoms with Gasteiger partial charge in [0, 0.05) is 13.1 Å². The number of carbonyl (C=O) groups is 2. The Morgan fingerprint density at radius 2 is 1.09 bits per heavy atom. The molecule has 14 heteroatoms. The first-order valence-corrected chi connectivity index (χ1v) is 9.56. The number of methoxy groups -OCH3 is 4. The molecule has 0 aromatic heterocycles. The Labute approximate surface area is 193 Å². The number of nitro benzene ring substituents is 2. The fourth-order valence-electron chi connectivity index (χ4n) is 3.14. The van der Waals surface area contributed by atoms with Crippen LogP contribution in [0, 0.1) is 20.2 Å². The molecule has 0 bridgehead atoms. The molecule has 0 radical (unpaired) electrons. The summed E-state index contributed by atoms with van der Waals surface area (Å²) in [6.07, 6.45) is 0. The van der Waals surface area contributed by atoms with Gasteiger partial charge >= 0.3 is 23.3 Å². The normalized spacial score (nSPS) is 10.1. The van der Waals surface area contributed by atoms with Gasteiger partial charge in [-0.25, -0.2) is 9.59 Å². The molecule has 0 fully saturated rings. The van der Waals surface area contributed by atoms with Crippen molar-refractivity contribution in [3.8, 4) is 11.5 Å². The predicted molar refractivity (Wildman–Crippen MR) is 119 cm³/mol. The van der Waals surface area contributed by atoms with Crippen molar-refractivity contribution in [2.75, 3.05) is 52.2 Å². The summed E-state index contributed by atoms with van der Waals surface area (Å²) in [5.41, 5.74) is -1.06. The van der Waals surface area contributed by atoms with Gasteiger partial charge in [0.05, 0.1) is 38.3 Å². The summed E-state index contributed by atoms with van der Waals surface area (Å²) in [7, 11) is 4.64. The number of anilines is 2. The Kier molecular flexibility index (Phi) is 8.53. The van der Waals surface area contributed by atoms with Crippen LogP contribution in [0.25, 0.3) is 0 Å². The number of ether oxygens (including phenoxy) is 4. The van der Waals surface area contributed by atoms with E-state index in [1.54, 1.807) is 0 Å². The number of nitro groups is 2. The maximum absolute atomic E-state index is 11.9. The molecule has 0 unspecified atom stereocenters. The van der Waals surface area contributed by atoms with Gasteiger partial charge in [0.1, 0.15) is 22.5 Å². The van der Waals surface area contributed by atoms with Crippen LogP contribution in [-0.2, 0) is 9.47 Å². The van der Waals surface area contributed by atoms with E-state index in [2.05, 4.69) is 20.1 Å². The molecule has 2 N–H and O–H groups in total. The van der Waals surface area contributed by atoms with Crippen LogP contribution in [0.4, 0.5) is 22.7 Å². The Morgan fingerprint density at radius 1 is 0.735 bits per heavy atom. The van der Waals surface area contributed by atoms with Gasteiger partial charge in [-0.15, -0.1) is 0 Å². The number of rotatable bonds is 11. The number of esters is 2. The van der Waals surface area contributed by atoms with Crippen LogP contribution < -0.4 is 20.1 Å². The first kappa shape index (κ1) is 25.6. The second kappa shape index (κ2) is 11.3. The number of nitrogens with one attached hydrogen (secondary N) is 2. The number of carbonyl (C=O) groups excluding carboxylic acids is 2. The molecule has 2 rings (SSSR count). The fourth-order valence-corrected chi connectivity index (χ4v) is 3.14. The third kappa shape index (κ3) is 5.23. The van der Waals surface area contributed by atoms with Crippen molar-refractivity contribution in [1.82, 2.24) is 0 Å². The number of nitrogens with zero attached hydrogens (tertiary/aromatic N) is 2. The van der Waals surface area contributed by atoms with E-state index in [-0.39, 0.29) is 47.1 Å². The molecule has 182 valence electrons. The summed E-state index contributed by atoms with van der Waals surface area (Å²) in [6, 6.07) is 5.27. The maximum Gasteiger partial charge on any atom is 0.341 e. The average molecular weight is 478 g/mol. The molecular weight excluding hydrogens is 456 g/mol. The van der Waals surface area contributed by atoms with Crippen LogP contribution in [0.1, 0.15) is 20.7 Å². The standard InChI is InChI=1S/C20H22N4O10/c1-31-17-11(19(25)33-3)5-7-13(15(17)23(27)28)21-9-10-22-14-8-6-12(20(26)34-4)18(32-2)16(14)24(29)30/h5-8,21-22H,9-10H2,1-4H3. The average Bonchev–Trinajstić information content (AvgIpc) is 2.83. The van der Waals surface area contributed by atoms with Crippen LogP contribution in [0.2, 0.25) is 0 Å². The van der Waals surface area contributed by atoms with E-state index in [4.69, 9.17) is 9.47 Å². The van der Waals surface area contributed by atoms with Crippen molar-refractivity contribution in [2.24, 2.45) is 0 Å². The Bertz CT molecular complexity index is 1030. The summed E-state index contributed by atoms with van der Waals surface area (Å²) in [4.78, 5) is 45.6. The molecule has 0 aliphatic heterocycles. The molecule has 2 aromatic rings. The van der Waals surface area contributed by atoms with Gasteiger partial charge in [0.2, 0.25) is 11.5 Å². The topological polar surface area (TPSA) is 181 Å². The van der Waals surface area contributed by atoms with Gasteiger partial charge in [-0.3, -0.25) is 20.2 Å². The van der Waals surface area contributed by atoms with Crippen molar-refractivity contribution >= 4 is 34.7 Å². The van der Waals surface area contributed by atoms with Gasteiger partial charge in [-0.05, 0) is 24.3 Å². The molecule has 0 aliphatic rings. The lowest BCUT2D eigenvalue weighted by atomic mass is 10.1. The Hall–Kier alpha value is -4.62. The summed E-state index contributed by atoms with van der Waals surface area (Å²) in [6.45, 7) is 0.166. The third-order valence-electron chi connectivity index (χ3n) is 4.60. The van der Waals surface area contributed by atoms with Crippen LogP contribution in [0.15, 0.2) is 24.3 Å². The van der Waals surface area contributed by atoms with Crippen molar-refractivity contribution in [1.29, 1.82) is 0 Å². The summed E-state index contributed by atoms with van der Waals surface area (Å²) >= 11 is 0. The molecule has 0 amide bonds. The third-order valence-corrected chi connectivity index (χ3v) is 4.60. The highest BCUT2D eigenvalue weighted by molar-refractivity contribution is 5.96. The van der Waals surface area contributed by atoms with E-state index in [1.807, 2.05) is 0 Å². The highest BCUT2D eigenvalue weighted by Gasteiger charge is 2.29. The highest BCUT2D eigenvalue weighted by atomic mass is 16.6. The van der Waals surface area contributed by atoms with E-state index in [9.17, 15) is 29.8 Å². The molecular formula is C20H22N4O10. The van der Waals surface area contributed by atoms with E-state index in [1.165, 1.54) is 38.5 Å². The lowest BCUT2D eigenvalue weighted by Crippen LogP contribution is -2.16. The van der Waals surface area contributed by atoms with Crippen LogP contribution in [0.5, 0.6) is 11.5 Å². The van der Waals surface area contributed by atoms with E-state index in [0.29, 0.717) is 0 Å². The van der Waals surface area contributed by atoms with Crippen molar-refractivity contribution in [3.63, 3.8) is 0 Å². The van der Waals surface area contributed by atoms with Gasteiger partial charge in [-0.2, -0.15) is 0 Å². The first-order chi connectivity index (χ1) is 16.2. The zero-order valence-electron chi connectivity index (χ0n) is 18.7. The largest absolute Gasteiger partial charge is 0.489 e. The van der Waals surface area contributed by atoms with Gasteiger partial charge < -0.3 is 29.6 Å². The molecule has 2 aromatic carbocycles. The first-order valence-electron chi connectivity index (χ1n) is 9.56. The summed E-state index contributed by atoms with van der Waals surface area (Å²) in [5.74, 6) is -2.14. The van der Waals surface area contributed by atoms with Crippen LogP contribution in [-0.4, -0.2) is 63.3 Å². The lowest BCUT2D eigenvalue weighted by Gasteiger charge is -2.14. The van der Waals surface area contributed by atoms with E-state index < -0.39 is 33.2 Å². The molecule has 14 nitrogen and oxygen atoms in total. The van der Waals surface area contributed by atoms with Crippen molar-refractivity contribution in [3.05, 3.63) is 55.6 Å². The Balaban J connectivity index is 2.26. The molecule has 0 saturated heterocycles. The number of benzene rings is 2. The lowest BCUT2D eigenvalue weighted by molar-refractivity contribution is -0.385. The van der Waals surface area contributed by atoms with E-state index >= 15 is 0 Å². The Morgan fingerprint density at radius 3 is 1.35 bits per heavy atom. The zero-order valence-corrected chi connectivity index (χ0v) is 18.7. The molecule has 0 saturated carbocycles. The minimum Gasteiger partial charge on any atom is -0.489 e. The highest BCUT2D eigenvalue weighted by Crippen LogP contribution is 2.39. The maximum atomic E-state index is 11.9. The minimum absolute atomic E-state index is 0.0597. The number of hydrogen-bond acceptors (Lipinski definition) is 12. The number of hydrogen-bond donors (Lipinski definition) is 2. The van der Waals surface area contributed by atoms with Crippen molar-refractivity contribution in [2.45, 2.75) is 0 Å². The molecule has 34 heavy (non-hydrogen) atoms. The van der Waals surface area contributed by atoms with Gasteiger partial charge in [0.25, 0.3) is 0 Å². The molecule has 0 aliphatic carbocycles. The molecule has 0 atom stereocenters. The zero-order chi connectivity index (χ0) is 25.4.